The van der Waals surface area contributed by atoms with E-state index >= 15 is 0 Å². The summed E-state index contributed by atoms with van der Waals surface area (Å²) < 4.78 is 5.18. The Morgan fingerprint density at radius 3 is 2.61 bits per heavy atom. The third kappa shape index (κ3) is 3.10. The zero-order valence-corrected chi connectivity index (χ0v) is 12.0. The van der Waals surface area contributed by atoms with Crippen molar-refractivity contribution in [2.24, 2.45) is 0 Å². The first-order valence-electron chi connectivity index (χ1n) is 6.40. The Kier molecular flexibility index (Phi) is 5.35. The summed E-state index contributed by atoms with van der Waals surface area (Å²) >= 11 is 0. The van der Waals surface area contributed by atoms with Gasteiger partial charge in [-0.15, -0.1) is 0 Å². The van der Waals surface area contributed by atoms with E-state index in [0.717, 1.165) is 17.7 Å². The second-order valence-corrected chi connectivity index (χ2v) is 4.63. The van der Waals surface area contributed by atoms with Gasteiger partial charge >= 0.3 is 0 Å². The lowest BCUT2D eigenvalue weighted by Crippen LogP contribution is -2.40. The number of nitrogens with zero attached hydrogens (tertiary/aromatic N) is 1. The van der Waals surface area contributed by atoms with Crippen LogP contribution >= 0.6 is 0 Å². The largest absolute Gasteiger partial charge is 0.383 e. The fourth-order valence-electron chi connectivity index (χ4n) is 2.35. The van der Waals surface area contributed by atoms with Crippen LogP contribution in [0.1, 0.15) is 31.9 Å². The van der Waals surface area contributed by atoms with Gasteiger partial charge in [0.25, 0.3) is 0 Å². The van der Waals surface area contributed by atoms with Gasteiger partial charge in [-0.1, -0.05) is 25.1 Å². The number of hydrogen-bond acceptors (Lipinski definition) is 2. The number of para-hydroxylation sites is 1. The van der Waals surface area contributed by atoms with Crippen molar-refractivity contribution in [1.29, 1.82) is 0 Å². The van der Waals surface area contributed by atoms with Crippen LogP contribution in [-0.2, 0) is 16.0 Å². The molecular formula is C15H23NO2. The number of methoxy groups -OCH3 is 1. The molecular weight excluding hydrogens is 226 g/mol. The molecule has 0 aromatic heterocycles. The van der Waals surface area contributed by atoms with Crippen LogP contribution in [0.4, 0.5) is 5.69 Å². The van der Waals surface area contributed by atoms with Gasteiger partial charge in [0.05, 0.1) is 18.3 Å². The second-order valence-electron chi connectivity index (χ2n) is 4.63. The van der Waals surface area contributed by atoms with Crippen LogP contribution in [0.15, 0.2) is 18.2 Å². The average Bonchev–Trinajstić information content (AvgIpc) is 2.31. The maximum Gasteiger partial charge on any atom is 0.224 e. The molecule has 1 aromatic rings. The maximum atomic E-state index is 12.0. The summed E-state index contributed by atoms with van der Waals surface area (Å²) in [7, 11) is 1.66. The molecule has 100 valence electrons. The highest BCUT2D eigenvalue weighted by atomic mass is 16.5. The molecule has 1 atom stereocenters. The van der Waals surface area contributed by atoms with Gasteiger partial charge in [0.15, 0.2) is 0 Å². The van der Waals surface area contributed by atoms with Gasteiger partial charge in [0.2, 0.25) is 5.91 Å². The topological polar surface area (TPSA) is 29.5 Å². The SMILES string of the molecule is CCc1cccc(C)c1N(C(C)=O)[C@H](C)COC. The van der Waals surface area contributed by atoms with Crippen molar-refractivity contribution in [3.05, 3.63) is 29.3 Å². The molecule has 18 heavy (non-hydrogen) atoms. The van der Waals surface area contributed by atoms with E-state index in [2.05, 4.69) is 13.0 Å². The van der Waals surface area contributed by atoms with Crippen LogP contribution in [-0.4, -0.2) is 25.7 Å². The summed E-state index contributed by atoms with van der Waals surface area (Å²) in [6, 6.07) is 6.21. The number of carbonyl (C=O) groups excluding carboxylic acids is 1. The van der Waals surface area contributed by atoms with E-state index in [0.29, 0.717) is 6.61 Å². The van der Waals surface area contributed by atoms with Crippen molar-refractivity contribution in [2.75, 3.05) is 18.6 Å². The van der Waals surface area contributed by atoms with Gasteiger partial charge in [-0.05, 0) is 31.4 Å². The van der Waals surface area contributed by atoms with Gasteiger partial charge in [-0.2, -0.15) is 0 Å². The Labute approximate surface area is 110 Å². The highest BCUT2D eigenvalue weighted by Crippen LogP contribution is 2.27. The van der Waals surface area contributed by atoms with E-state index in [4.69, 9.17) is 4.74 Å². The number of hydrogen-bond donors (Lipinski definition) is 0. The van der Waals surface area contributed by atoms with Crippen LogP contribution in [0, 0.1) is 6.92 Å². The van der Waals surface area contributed by atoms with Gasteiger partial charge in [0, 0.05) is 14.0 Å². The molecule has 1 aromatic carbocycles. The van der Waals surface area contributed by atoms with Crippen molar-refractivity contribution in [3.8, 4) is 0 Å². The molecule has 0 unspecified atom stereocenters. The van der Waals surface area contributed by atoms with E-state index in [1.807, 2.05) is 30.9 Å². The van der Waals surface area contributed by atoms with Crippen LogP contribution in [0.5, 0.6) is 0 Å². The Morgan fingerprint density at radius 1 is 1.44 bits per heavy atom. The number of benzene rings is 1. The highest BCUT2D eigenvalue weighted by molar-refractivity contribution is 5.93. The molecule has 0 aliphatic rings. The van der Waals surface area contributed by atoms with Gasteiger partial charge in [0.1, 0.15) is 0 Å². The number of carbonyl (C=O) groups is 1. The Hall–Kier alpha value is -1.35. The molecule has 0 aliphatic heterocycles. The number of rotatable bonds is 5. The summed E-state index contributed by atoms with van der Waals surface area (Å²) in [6.07, 6.45) is 0.917. The summed E-state index contributed by atoms with van der Waals surface area (Å²) in [4.78, 5) is 13.8. The quantitative estimate of drug-likeness (QED) is 0.803. The predicted molar refractivity (Wildman–Crippen MR) is 75.1 cm³/mol. The van der Waals surface area contributed by atoms with Gasteiger partial charge in [-0.25, -0.2) is 0 Å². The van der Waals surface area contributed by atoms with Crippen molar-refractivity contribution < 1.29 is 9.53 Å². The first-order valence-corrected chi connectivity index (χ1v) is 6.40. The third-order valence-corrected chi connectivity index (χ3v) is 3.13. The first kappa shape index (κ1) is 14.7. The van der Waals surface area contributed by atoms with E-state index in [1.165, 1.54) is 5.56 Å². The lowest BCUT2D eigenvalue weighted by Gasteiger charge is -2.31. The molecule has 3 heteroatoms. The minimum absolute atomic E-state index is 0.0406. The zero-order chi connectivity index (χ0) is 13.7. The van der Waals surface area contributed by atoms with Crippen LogP contribution in [0.2, 0.25) is 0 Å². The number of anilines is 1. The van der Waals surface area contributed by atoms with E-state index in [1.54, 1.807) is 14.0 Å². The average molecular weight is 249 g/mol. The minimum atomic E-state index is 0.0406. The lowest BCUT2D eigenvalue weighted by atomic mass is 10.0. The summed E-state index contributed by atoms with van der Waals surface area (Å²) in [6.45, 7) is 8.31. The fraction of sp³-hybridized carbons (Fsp3) is 0.533. The minimum Gasteiger partial charge on any atom is -0.383 e. The molecule has 0 fully saturated rings. The van der Waals surface area contributed by atoms with Crippen LogP contribution < -0.4 is 4.90 Å². The molecule has 3 nitrogen and oxygen atoms in total. The Bertz CT molecular complexity index is 415. The maximum absolute atomic E-state index is 12.0. The Morgan fingerprint density at radius 2 is 2.11 bits per heavy atom. The monoisotopic (exact) mass is 249 g/mol. The van der Waals surface area contributed by atoms with E-state index in [-0.39, 0.29) is 11.9 Å². The number of aryl methyl sites for hydroxylation is 2. The second kappa shape index (κ2) is 6.55. The van der Waals surface area contributed by atoms with Crippen molar-refractivity contribution in [3.63, 3.8) is 0 Å². The first-order chi connectivity index (χ1) is 8.52. The summed E-state index contributed by atoms with van der Waals surface area (Å²) in [5, 5.41) is 0. The van der Waals surface area contributed by atoms with Gasteiger partial charge in [-0.3, -0.25) is 4.79 Å². The van der Waals surface area contributed by atoms with Crippen LogP contribution in [0.3, 0.4) is 0 Å². The molecule has 0 spiro atoms. The van der Waals surface area contributed by atoms with Crippen molar-refractivity contribution in [1.82, 2.24) is 0 Å². The molecule has 0 aliphatic carbocycles. The summed E-state index contributed by atoms with van der Waals surface area (Å²) in [5.41, 5.74) is 3.37. The van der Waals surface area contributed by atoms with Crippen molar-refractivity contribution in [2.45, 2.75) is 40.2 Å². The Balaban J connectivity index is 3.25. The molecule has 0 bridgehead atoms. The van der Waals surface area contributed by atoms with Crippen LogP contribution in [0.25, 0.3) is 0 Å². The molecule has 0 radical (unpaired) electrons. The predicted octanol–water partition coefficient (Wildman–Crippen LogP) is 2.95. The standard InChI is InChI=1S/C15H23NO2/c1-6-14-9-7-8-11(2)15(14)16(13(4)17)12(3)10-18-5/h7-9,12H,6,10H2,1-5H3/t12-/m1/s1. The van der Waals surface area contributed by atoms with E-state index < -0.39 is 0 Å². The molecule has 0 saturated heterocycles. The molecule has 0 saturated carbocycles. The number of amides is 1. The molecule has 0 N–H and O–H groups in total. The summed E-state index contributed by atoms with van der Waals surface area (Å²) in [5.74, 6) is 0.0588. The number of ether oxygens (including phenoxy) is 1. The molecule has 1 rings (SSSR count). The van der Waals surface area contributed by atoms with E-state index in [9.17, 15) is 4.79 Å². The third-order valence-electron chi connectivity index (χ3n) is 3.13. The lowest BCUT2D eigenvalue weighted by molar-refractivity contribution is -0.117. The fourth-order valence-corrected chi connectivity index (χ4v) is 2.35. The highest BCUT2D eigenvalue weighted by Gasteiger charge is 2.22. The van der Waals surface area contributed by atoms with Crippen molar-refractivity contribution >= 4 is 11.6 Å². The zero-order valence-electron chi connectivity index (χ0n) is 12.0. The molecule has 1 amide bonds. The normalized spacial score (nSPS) is 12.3. The van der Waals surface area contributed by atoms with Gasteiger partial charge < -0.3 is 9.64 Å². The smallest absolute Gasteiger partial charge is 0.224 e. The molecule has 0 heterocycles.